The van der Waals surface area contributed by atoms with Crippen LogP contribution in [-0.2, 0) is 6.42 Å². The summed E-state index contributed by atoms with van der Waals surface area (Å²) >= 11 is 0. The van der Waals surface area contributed by atoms with Crippen molar-refractivity contribution in [1.29, 1.82) is 0 Å². The molecule has 136 valence electrons. The highest BCUT2D eigenvalue weighted by atomic mass is 127. The molecule has 0 spiro atoms. The Kier molecular flexibility index (Phi) is 8.39. The van der Waals surface area contributed by atoms with Crippen molar-refractivity contribution in [2.75, 3.05) is 26.1 Å². The van der Waals surface area contributed by atoms with Gasteiger partial charge in [0.15, 0.2) is 5.96 Å². The molecule has 0 heterocycles. The fourth-order valence-corrected chi connectivity index (χ4v) is 2.15. The van der Waals surface area contributed by atoms with Crippen LogP contribution >= 0.6 is 24.0 Å². The third kappa shape index (κ3) is 6.37. The third-order valence-corrected chi connectivity index (χ3v) is 3.27. The molecule has 0 saturated heterocycles. The molecule has 0 atom stereocenters. The first kappa shape index (κ1) is 20.9. The second kappa shape index (κ2) is 10.0. The Balaban J connectivity index is 0.00000312. The maximum absolute atomic E-state index is 13.1. The molecule has 8 heteroatoms. The van der Waals surface area contributed by atoms with Crippen LogP contribution in [0.2, 0.25) is 0 Å². The van der Waals surface area contributed by atoms with E-state index in [4.69, 9.17) is 15.2 Å². The van der Waals surface area contributed by atoms with Crippen molar-refractivity contribution in [2.45, 2.75) is 6.42 Å². The third-order valence-electron chi connectivity index (χ3n) is 3.27. The average Bonchev–Trinajstić information content (AvgIpc) is 2.53. The zero-order chi connectivity index (χ0) is 17.5. The summed E-state index contributed by atoms with van der Waals surface area (Å²) in [5.74, 6) is 0.170. The van der Waals surface area contributed by atoms with Gasteiger partial charge in [0.2, 0.25) is 0 Å². The van der Waals surface area contributed by atoms with Gasteiger partial charge < -0.3 is 20.5 Å². The van der Waals surface area contributed by atoms with Crippen molar-refractivity contribution in [3.05, 3.63) is 53.6 Å². The molecule has 25 heavy (non-hydrogen) atoms. The van der Waals surface area contributed by atoms with Crippen LogP contribution in [0.3, 0.4) is 0 Å². The van der Waals surface area contributed by atoms with Gasteiger partial charge in [0.25, 0.3) is 0 Å². The molecule has 5 nitrogen and oxygen atoms in total. The predicted molar refractivity (Wildman–Crippen MR) is 105 cm³/mol. The molecule has 0 unspecified atom stereocenters. The van der Waals surface area contributed by atoms with Crippen molar-refractivity contribution in [1.82, 2.24) is 0 Å². The molecule has 0 aromatic heterocycles. The van der Waals surface area contributed by atoms with Gasteiger partial charge in [0.05, 0.1) is 19.9 Å². The first-order valence-electron chi connectivity index (χ1n) is 7.25. The standard InChI is InChI=1S/C17H19F2N3O2.HI/c1-23-14-3-4-16(24-2)15(10-14)22-17(20)21-6-5-11-7-12(18)9-13(19)8-11;/h3-4,7-10H,5-6H2,1-2H3,(H3,20,21,22);1H. The number of methoxy groups -OCH3 is 2. The van der Waals surface area contributed by atoms with E-state index in [1.54, 1.807) is 32.4 Å². The number of benzene rings is 2. The van der Waals surface area contributed by atoms with E-state index in [0.29, 0.717) is 29.2 Å². The molecule has 0 aliphatic heterocycles. The first-order chi connectivity index (χ1) is 11.5. The molecule has 3 N–H and O–H groups in total. The number of nitrogens with one attached hydrogen (secondary N) is 1. The summed E-state index contributed by atoms with van der Waals surface area (Å²) in [4.78, 5) is 4.15. The fraction of sp³-hybridized carbons (Fsp3) is 0.235. The van der Waals surface area contributed by atoms with Crippen LogP contribution in [0.4, 0.5) is 14.5 Å². The van der Waals surface area contributed by atoms with E-state index in [-0.39, 0.29) is 36.5 Å². The summed E-state index contributed by atoms with van der Waals surface area (Å²) in [6, 6.07) is 8.60. The van der Waals surface area contributed by atoms with Crippen molar-refractivity contribution in [2.24, 2.45) is 10.7 Å². The highest BCUT2D eigenvalue weighted by Gasteiger charge is 2.06. The minimum absolute atomic E-state index is 0. The van der Waals surface area contributed by atoms with Gasteiger partial charge in [-0.15, -0.1) is 24.0 Å². The first-order valence-corrected chi connectivity index (χ1v) is 7.25. The van der Waals surface area contributed by atoms with Crippen LogP contribution in [0, 0.1) is 11.6 Å². The van der Waals surface area contributed by atoms with E-state index >= 15 is 0 Å². The van der Waals surface area contributed by atoms with Gasteiger partial charge in [-0.2, -0.15) is 0 Å². The number of hydrogen-bond acceptors (Lipinski definition) is 3. The Morgan fingerprint density at radius 3 is 2.36 bits per heavy atom. The maximum Gasteiger partial charge on any atom is 0.193 e. The Morgan fingerprint density at radius 1 is 1.08 bits per heavy atom. The Hall–Kier alpha value is -2.10. The van der Waals surface area contributed by atoms with Gasteiger partial charge in [-0.1, -0.05) is 0 Å². The van der Waals surface area contributed by atoms with Crippen molar-refractivity contribution >= 4 is 35.6 Å². The van der Waals surface area contributed by atoms with E-state index in [0.717, 1.165) is 6.07 Å². The lowest BCUT2D eigenvalue weighted by atomic mass is 10.1. The largest absolute Gasteiger partial charge is 0.497 e. The van der Waals surface area contributed by atoms with Crippen molar-refractivity contribution in [3.8, 4) is 11.5 Å². The SMILES string of the molecule is COc1ccc(OC)c(NC(N)=NCCc2cc(F)cc(F)c2)c1.I. The van der Waals surface area contributed by atoms with Gasteiger partial charge >= 0.3 is 0 Å². The monoisotopic (exact) mass is 463 g/mol. The lowest BCUT2D eigenvalue weighted by Gasteiger charge is -2.12. The Labute approximate surface area is 162 Å². The Bertz CT molecular complexity index is 722. The number of nitrogens with two attached hydrogens (primary N) is 1. The topological polar surface area (TPSA) is 68.9 Å². The van der Waals surface area contributed by atoms with E-state index in [9.17, 15) is 8.78 Å². The highest BCUT2D eigenvalue weighted by Crippen LogP contribution is 2.28. The molecule has 0 fully saturated rings. The molecular weight excluding hydrogens is 443 g/mol. The zero-order valence-corrected chi connectivity index (χ0v) is 16.2. The molecule has 2 aromatic carbocycles. The summed E-state index contributed by atoms with van der Waals surface area (Å²) in [5, 5.41) is 2.92. The molecule has 0 bridgehead atoms. The van der Waals surface area contributed by atoms with Gasteiger partial charge in [0.1, 0.15) is 23.1 Å². The number of nitrogens with zero attached hydrogens (tertiary/aromatic N) is 1. The molecule has 0 aliphatic rings. The zero-order valence-electron chi connectivity index (χ0n) is 13.9. The van der Waals surface area contributed by atoms with Crippen LogP contribution in [0.5, 0.6) is 11.5 Å². The second-order valence-electron chi connectivity index (χ2n) is 4.99. The van der Waals surface area contributed by atoms with E-state index in [1.165, 1.54) is 12.1 Å². The number of hydrogen-bond donors (Lipinski definition) is 2. The number of anilines is 1. The summed E-state index contributed by atoms with van der Waals surface area (Å²) < 4.78 is 36.6. The normalized spacial score (nSPS) is 10.8. The average molecular weight is 463 g/mol. The molecule has 0 aliphatic carbocycles. The van der Waals surface area contributed by atoms with Crippen LogP contribution < -0.4 is 20.5 Å². The fourth-order valence-electron chi connectivity index (χ4n) is 2.15. The van der Waals surface area contributed by atoms with Gasteiger partial charge in [-0.05, 0) is 36.2 Å². The van der Waals surface area contributed by atoms with E-state index < -0.39 is 11.6 Å². The number of halogens is 3. The van der Waals surface area contributed by atoms with Gasteiger partial charge in [0, 0.05) is 18.7 Å². The Morgan fingerprint density at radius 2 is 1.76 bits per heavy atom. The van der Waals surface area contributed by atoms with Crippen molar-refractivity contribution in [3.63, 3.8) is 0 Å². The second-order valence-corrected chi connectivity index (χ2v) is 4.99. The number of rotatable bonds is 6. The predicted octanol–water partition coefficient (Wildman–Crippen LogP) is 3.57. The molecule has 2 rings (SSSR count). The minimum Gasteiger partial charge on any atom is -0.497 e. The number of guanidine groups is 1. The van der Waals surface area contributed by atoms with Crippen LogP contribution in [0.15, 0.2) is 41.4 Å². The van der Waals surface area contributed by atoms with Crippen LogP contribution in [0.1, 0.15) is 5.56 Å². The quantitative estimate of drug-likeness (QED) is 0.391. The smallest absolute Gasteiger partial charge is 0.193 e. The molecule has 0 amide bonds. The summed E-state index contributed by atoms with van der Waals surface area (Å²) in [7, 11) is 3.10. The van der Waals surface area contributed by atoms with E-state index in [1.807, 2.05) is 0 Å². The number of aliphatic imine (C=N–C) groups is 1. The lowest BCUT2D eigenvalue weighted by Crippen LogP contribution is -2.23. The van der Waals surface area contributed by atoms with E-state index in [2.05, 4.69) is 10.3 Å². The van der Waals surface area contributed by atoms with Crippen molar-refractivity contribution < 1.29 is 18.3 Å². The molecular formula is C17H20F2IN3O2. The summed E-state index contributed by atoms with van der Waals surface area (Å²) in [6.45, 7) is 0.286. The molecule has 0 saturated carbocycles. The maximum atomic E-state index is 13.1. The van der Waals surface area contributed by atoms with Gasteiger partial charge in [-0.25, -0.2) is 8.78 Å². The number of ether oxygens (including phenoxy) is 2. The highest BCUT2D eigenvalue weighted by molar-refractivity contribution is 14.0. The summed E-state index contributed by atoms with van der Waals surface area (Å²) in [5.41, 5.74) is 6.96. The summed E-state index contributed by atoms with van der Waals surface area (Å²) in [6.07, 6.45) is 0.367. The van der Waals surface area contributed by atoms with Crippen LogP contribution in [0.25, 0.3) is 0 Å². The van der Waals surface area contributed by atoms with Gasteiger partial charge in [-0.3, -0.25) is 4.99 Å². The molecule has 0 radical (unpaired) electrons. The molecule has 2 aromatic rings. The van der Waals surface area contributed by atoms with Crippen LogP contribution in [-0.4, -0.2) is 26.7 Å². The minimum atomic E-state index is -0.610. The lowest BCUT2D eigenvalue weighted by molar-refractivity contribution is 0.405.